The van der Waals surface area contributed by atoms with Gasteiger partial charge in [-0.2, -0.15) is 0 Å². The van der Waals surface area contributed by atoms with Gasteiger partial charge < -0.3 is 10.1 Å². The number of hydrogen-bond donors (Lipinski definition) is 1. The summed E-state index contributed by atoms with van der Waals surface area (Å²) >= 11 is 1.54. The minimum absolute atomic E-state index is 0.145. The van der Waals surface area contributed by atoms with E-state index in [0.29, 0.717) is 12.3 Å². The Kier molecular flexibility index (Phi) is 5.11. The third-order valence-electron chi connectivity index (χ3n) is 6.01. The Hall–Kier alpha value is -0.980. The first-order valence-electron chi connectivity index (χ1n) is 9.67. The monoisotopic (exact) mass is 363 g/mol. The first-order chi connectivity index (χ1) is 12.0. The lowest BCUT2D eigenvalue weighted by molar-refractivity contribution is -0.117. The van der Waals surface area contributed by atoms with Crippen molar-refractivity contribution in [3.63, 3.8) is 0 Å². The summed E-state index contributed by atoms with van der Waals surface area (Å²) < 4.78 is 5.78. The number of carbonyl (C=O) groups excluding carboxylic acids is 1. The number of fused-ring (bicyclic) bond motifs is 2. The summed E-state index contributed by atoms with van der Waals surface area (Å²) in [6.45, 7) is 6.94. The molecule has 5 nitrogen and oxygen atoms in total. The van der Waals surface area contributed by atoms with Crippen LogP contribution in [0.15, 0.2) is 5.38 Å². The van der Waals surface area contributed by atoms with Crippen molar-refractivity contribution in [2.45, 2.75) is 64.7 Å². The molecule has 0 unspecified atom stereocenters. The van der Waals surface area contributed by atoms with Gasteiger partial charge in [-0.15, -0.1) is 11.3 Å². The molecule has 1 amide bonds. The predicted octanol–water partition coefficient (Wildman–Crippen LogP) is 3.52. The smallest absolute Gasteiger partial charge is 0.226 e. The second kappa shape index (κ2) is 7.33. The number of amides is 1. The average Bonchev–Trinajstić information content (AvgIpc) is 3.23. The van der Waals surface area contributed by atoms with E-state index in [1.807, 2.05) is 0 Å². The number of nitrogens with zero attached hydrogens (tertiary/aromatic N) is 2. The fraction of sp³-hybridized carbons (Fsp3) is 0.789. The van der Waals surface area contributed by atoms with Gasteiger partial charge in [0, 0.05) is 31.4 Å². The average molecular weight is 364 g/mol. The molecule has 2 aliphatic carbocycles. The van der Waals surface area contributed by atoms with Gasteiger partial charge in [0.25, 0.3) is 0 Å². The lowest BCUT2D eigenvalue weighted by Gasteiger charge is -2.34. The Morgan fingerprint density at radius 2 is 2.12 bits per heavy atom. The van der Waals surface area contributed by atoms with Gasteiger partial charge >= 0.3 is 0 Å². The molecule has 0 spiro atoms. The van der Waals surface area contributed by atoms with Crippen molar-refractivity contribution in [1.29, 1.82) is 0 Å². The summed E-state index contributed by atoms with van der Waals surface area (Å²) in [6.07, 6.45) is 6.54. The Labute approximate surface area is 154 Å². The third kappa shape index (κ3) is 4.23. The number of aromatic nitrogens is 1. The highest BCUT2D eigenvalue weighted by Gasteiger charge is 2.40. The largest absolute Gasteiger partial charge is 0.373 e. The second-order valence-corrected chi connectivity index (χ2v) is 9.14. The van der Waals surface area contributed by atoms with Crippen LogP contribution in [0.25, 0.3) is 0 Å². The van der Waals surface area contributed by atoms with E-state index in [0.717, 1.165) is 42.3 Å². The number of ether oxygens (including phenoxy) is 1. The van der Waals surface area contributed by atoms with Crippen LogP contribution in [0.1, 0.15) is 51.6 Å². The zero-order valence-electron chi connectivity index (χ0n) is 15.2. The maximum absolute atomic E-state index is 12.4. The fourth-order valence-electron chi connectivity index (χ4n) is 5.11. The molecule has 1 aromatic heterocycles. The highest BCUT2D eigenvalue weighted by atomic mass is 32.1. The number of anilines is 1. The molecule has 1 saturated heterocycles. The normalized spacial score (nSPS) is 35.2. The van der Waals surface area contributed by atoms with Crippen LogP contribution < -0.4 is 5.32 Å². The number of nitrogens with one attached hydrogen (secondary N) is 1. The number of hydrogen-bond acceptors (Lipinski definition) is 5. The summed E-state index contributed by atoms with van der Waals surface area (Å²) in [4.78, 5) is 19.4. The summed E-state index contributed by atoms with van der Waals surface area (Å²) in [5.74, 6) is 2.45. The lowest BCUT2D eigenvalue weighted by Crippen LogP contribution is -2.44. The van der Waals surface area contributed by atoms with Crippen molar-refractivity contribution in [1.82, 2.24) is 9.88 Å². The maximum atomic E-state index is 12.4. The van der Waals surface area contributed by atoms with Gasteiger partial charge in [-0.05, 0) is 50.9 Å². The third-order valence-corrected chi connectivity index (χ3v) is 6.82. The van der Waals surface area contributed by atoms with Gasteiger partial charge in [0.1, 0.15) is 0 Å². The van der Waals surface area contributed by atoms with Crippen molar-refractivity contribution in [2.24, 2.45) is 17.8 Å². The number of rotatable bonds is 5. The highest BCUT2D eigenvalue weighted by molar-refractivity contribution is 7.13. The fourth-order valence-corrected chi connectivity index (χ4v) is 5.83. The highest BCUT2D eigenvalue weighted by Crippen LogP contribution is 2.49. The molecule has 1 aliphatic heterocycles. The first kappa shape index (κ1) is 17.4. The van der Waals surface area contributed by atoms with E-state index in [9.17, 15) is 4.79 Å². The van der Waals surface area contributed by atoms with Crippen LogP contribution in [0.3, 0.4) is 0 Å². The van der Waals surface area contributed by atoms with Crippen molar-refractivity contribution in [3.8, 4) is 0 Å². The zero-order chi connectivity index (χ0) is 17.4. The minimum atomic E-state index is 0.145. The summed E-state index contributed by atoms with van der Waals surface area (Å²) in [6, 6.07) is 0. The summed E-state index contributed by atoms with van der Waals surface area (Å²) in [5, 5.41) is 5.84. The molecule has 0 aromatic carbocycles. The van der Waals surface area contributed by atoms with Gasteiger partial charge in [0.15, 0.2) is 5.13 Å². The van der Waals surface area contributed by atoms with Gasteiger partial charge in [0.2, 0.25) is 5.91 Å². The van der Waals surface area contributed by atoms with Gasteiger partial charge in [-0.25, -0.2) is 4.98 Å². The molecule has 5 atom stereocenters. The van der Waals surface area contributed by atoms with Crippen LogP contribution in [-0.4, -0.2) is 41.1 Å². The molecule has 3 fully saturated rings. The van der Waals surface area contributed by atoms with Gasteiger partial charge in [-0.3, -0.25) is 9.69 Å². The van der Waals surface area contributed by atoms with E-state index in [2.05, 4.69) is 34.4 Å². The Balaban J connectivity index is 1.27. The molecule has 1 N–H and O–H groups in total. The molecule has 6 heteroatoms. The van der Waals surface area contributed by atoms with Crippen LogP contribution in [0.2, 0.25) is 0 Å². The minimum Gasteiger partial charge on any atom is -0.373 e. The van der Waals surface area contributed by atoms with E-state index in [4.69, 9.17) is 4.74 Å². The van der Waals surface area contributed by atoms with Crippen molar-refractivity contribution >= 4 is 22.4 Å². The van der Waals surface area contributed by atoms with E-state index < -0.39 is 0 Å². The van der Waals surface area contributed by atoms with Crippen LogP contribution in [-0.2, 0) is 16.1 Å². The summed E-state index contributed by atoms with van der Waals surface area (Å²) in [5.41, 5.74) is 1.04. The van der Waals surface area contributed by atoms with E-state index in [1.54, 1.807) is 11.3 Å². The quantitative estimate of drug-likeness (QED) is 0.870. The van der Waals surface area contributed by atoms with Crippen molar-refractivity contribution in [3.05, 3.63) is 11.1 Å². The number of morpholine rings is 1. The van der Waals surface area contributed by atoms with Crippen molar-refractivity contribution in [2.75, 3.05) is 18.4 Å². The molecule has 3 aliphatic rings. The predicted molar refractivity (Wildman–Crippen MR) is 99.6 cm³/mol. The van der Waals surface area contributed by atoms with Crippen LogP contribution in [0, 0.1) is 17.8 Å². The van der Waals surface area contributed by atoms with E-state index in [-0.39, 0.29) is 18.1 Å². The van der Waals surface area contributed by atoms with Crippen LogP contribution in [0.4, 0.5) is 5.13 Å². The standard InChI is InChI=1S/C19H29N3O2S/c1-12-8-22(9-13(2)24-12)10-17-11-25-19(20-17)21-18(23)7-16-6-14-3-4-15(16)5-14/h11-16H,3-10H2,1-2H3,(H,20,21,23)/t12-,13-,14-,15-,16-/m1/s1. The van der Waals surface area contributed by atoms with Gasteiger partial charge in [0.05, 0.1) is 17.9 Å². The molecule has 0 radical (unpaired) electrons. The topological polar surface area (TPSA) is 54.5 Å². The molecular weight excluding hydrogens is 334 g/mol. The second-order valence-electron chi connectivity index (χ2n) is 8.28. The van der Waals surface area contributed by atoms with Crippen LogP contribution in [0.5, 0.6) is 0 Å². The first-order valence-corrected chi connectivity index (χ1v) is 10.5. The number of carbonyl (C=O) groups is 1. The molecule has 4 rings (SSSR count). The maximum Gasteiger partial charge on any atom is 0.226 e. The number of thiazole rings is 1. The molecule has 1 aromatic rings. The molecule has 2 saturated carbocycles. The lowest BCUT2D eigenvalue weighted by atomic mass is 9.86. The van der Waals surface area contributed by atoms with E-state index in [1.165, 1.54) is 25.7 Å². The molecular formula is C19H29N3O2S. The Bertz CT molecular complexity index is 610. The van der Waals surface area contributed by atoms with E-state index >= 15 is 0 Å². The molecule has 25 heavy (non-hydrogen) atoms. The Morgan fingerprint density at radius 1 is 1.32 bits per heavy atom. The SMILES string of the molecule is C[C@@H]1CN(Cc2csc(NC(=O)C[C@H]3C[C@@H]4CC[C@@H]3C4)n2)C[C@@H](C)O1. The molecule has 2 bridgehead atoms. The van der Waals surface area contributed by atoms with Gasteiger partial charge in [-0.1, -0.05) is 6.42 Å². The van der Waals surface area contributed by atoms with Crippen LogP contribution >= 0.6 is 11.3 Å². The van der Waals surface area contributed by atoms with Crippen molar-refractivity contribution < 1.29 is 9.53 Å². The molecule has 2 heterocycles. The summed E-state index contributed by atoms with van der Waals surface area (Å²) in [7, 11) is 0. The Morgan fingerprint density at radius 3 is 2.80 bits per heavy atom. The molecule has 138 valence electrons. The zero-order valence-corrected chi connectivity index (χ0v) is 16.1.